The van der Waals surface area contributed by atoms with Gasteiger partial charge in [0.1, 0.15) is 0 Å². The van der Waals surface area contributed by atoms with Crippen LogP contribution in [0.25, 0.3) is 10.8 Å². The highest BCUT2D eigenvalue weighted by Crippen LogP contribution is 2.42. The number of benzene rings is 2. The SMILES string of the molecule is NC=NCCCN=Cc1c(C2CC2)ccc2ccccc12. The lowest BCUT2D eigenvalue weighted by Crippen LogP contribution is -1.96. The minimum Gasteiger partial charge on any atom is -0.390 e. The summed E-state index contributed by atoms with van der Waals surface area (Å²) in [6, 6.07) is 13.1. The Balaban J connectivity index is 1.84. The van der Waals surface area contributed by atoms with Crippen molar-refractivity contribution in [3.63, 3.8) is 0 Å². The summed E-state index contributed by atoms with van der Waals surface area (Å²) in [6.45, 7) is 1.55. The summed E-state index contributed by atoms with van der Waals surface area (Å²) in [5.41, 5.74) is 7.99. The molecule has 3 heteroatoms. The van der Waals surface area contributed by atoms with Gasteiger partial charge in [0.15, 0.2) is 0 Å². The van der Waals surface area contributed by atoms with Crippen LogP contribution in [-0.4, -0.2) is 25.6 Å². The number of rotatable bonds is 6. The van der Waals surface area contributed by atoms with Crippen molar-refractivity contribution >= 4 is 23.3 Å². The first kappa shape index (κ1) is 13.8. The number of nitrogens with zero attached hydrogens (tertiary/aromatic N) is 2. The van der Waals surface area contributed by atoms with Gasteiger partial charge in [-0.05, 0) is 41.5 Å². The molecule has 0 saturated heterocycles. The second kappa shape index (κ2) is 6.53. The van der Waals surface area contributed by atoms with E-state index in [4.69, 9.17) is 5.73 Å². The van der Waals surface area contributed by atoms with Crippen molar-refractivity contribution in [2.75, 3.05) is 13.1 Å². The van der Waals surface area contributed by atoms with Gasteiger partial charge < -0.3 is 5.73 Å². The van der Waals surface area contributed by atoms with Crippen LogP contribution in [0.5, 0.6) is 0 Å². The van der Waals surface area contributed by atoms with E-state index < -0.39 is 0 Å². The van der Waals surface area contributed by atoms with Crippen LogP contribution in [0.4, 0.5) is 0 Å². The molecule has 2 N–H and O–H groups in total. The zero-order valence-electron chi connectivity index (χ0n) is 12.2. The van der Waals surface area contributed by atoms with Crippen LogP contribution < -0.4 is 5.73 Å². The van der Waals surface area contributed by atoms with Gasteiger partial charge >= 0.3 is 0 Å². The Hall–Kier alpha value is -2.16. The van der Waals surface area contributed by atoms with E-state index >= 15 is 0 Å². The predicted molar refractivity (Wildman–Crippen MR) is 90.5 cm³/mol. The molecular weight excluding hydrogens is 258 g/mol. The van der Waals surface area contributed by atoms with Crippen LogP contribution >= 0.6 is 0 Å². The summed E-state index contributed by atoms with van der Waals surface area (Å²) in [7, 11) is 0. The molecule has 3 rings (SSSR count). The van der Waals surface area contributed by atoms with E-state index in [-0.39, 0.29) is 0 Å². The molecule has 0 atom stereocenters. The predicted octanol–water partition coefficient (Wildman–Crippen LogP) is 3.51. The van der Waals surface area contributed by atoms with E-state index in [1.807, 2.05) is 0 Å². The molecule has 1 fully saturated rings. The van der Waals surface area contributed by atoms with Crippen molar-refractivity contribution in [1.82, 2.24) is 0 Å². The van der Waals surface area contributed by atoms with Crippen LogP contribution in [0.2, 0.25) is 0 Å². The lowest BCUT2D eigenvalue weighted by molar-refractivity contribution is 0.850. The van der Waals surface area contributed by atoms with Gasteiger partial charge in [0, 0.05) is 24.9 Å². The number of nitrogens with two attached hydrogens (primary N) is 1. The van der Waals surface area contributed by atoms with Crippen LogP contribution in [0.1, 0.15) is 36.3 Å². The summed E-state index contributed by atoms with van der Waals surface area (Å²) >= 11 is 0. The Morgan fingerprint density at radius 2 is 1.86 bits per heavy atom. The second-order valence-corrected chi connectivity index (χ2v) is 5.51. The summed E-state index contributed by atoms with van der Waals surface area (Å²) < 4.78 is 0. The minimum atomic E-state index is 0.734. The van der Waals surface area contributed by atoms with Crippen molar-refractivity contribution < 1.29 is 0 Å². The fourth-order valence-electron chi connectivity index (χ4n) is 2.69. The average molecular weight is 279 g/mol. The van der Waals surface area contributed by atoms with Crippen LogP contribution in [0, 0.1) is 0 Å². The molecule has 2 aromatic carbocycles. The molecule has 0 spiro atoms. The van der Waals surface area contributed by atoms with Gasteiger partial charge in [0.25, 0.3) is 0 Å². The van der Waals surface area contributed by atoms with Crippen molar-refractivity contribution in [2.24, 2.45) is 15.7 Å². The molecule has 0 unspecified atom stereocenters. The van der Waals surface area contributed by atoms with Gasteiger partial charge in [-0.3, -0.25) is 9.98 Å². The number of aliphatic imine (C=N–C) groups is 2. The molecule has 108 valence electrons. The Bertz CT molecular complexity index is 669. The lowest BCUT2D eigenvalue weighted by Gasteiger charge is -2.08. The molecular formula is C18H21N3. The zero-order valence-corrected chi connectivity index (χ0v) is 12.2. The van der Waals surface area contributed by atoms with Crippen LogP contribution in [0.15, 0.2) is 46.4 Å². The Labute approximate surface area is 125 Å². The summed E-state index contributed by atoms with van der Waals surface area (Å²) in [4.78, 5) is 8.60. The molecule has 21 heavy (non-hydrogen) atoms. The van der Waals surface area contributed by atoms with Gasteiger partial charge in [-0.2, -0.15) is 0 Å². The molecule has 0 amide bonds. The van der Waals surface area contributed by atoms with Crippen molar-refractivity contribution in [3.8, 4) is 0 Å². The topological polar surface area (TPSA) is 50.7 Å². The van der Waals surface area contributed by atoms with Crippen LogP contribution in [-0.2, 0) is 0 Å². The fraction of sp³-hybridized carbons (Fsp3) is 0.333. The molecule has 2 aromatic rings. The highest BCUT2D eigenvalue weighted by Gasteiger charge is 2.26. The fourth-order valence-corrected chi connectivity index (χ4v) is 2.69. The quantitative estimate of drug-likeness (QED) is 0.491. The number of fused-ring (bicyclic) bond motifs is 1. The molecule has 0 heterocycles. The largest absolute Gasteiger partial charge is 0.390 e. The smallest absolute Gasteiger partial charge is 0.0797 e. The second-order valence-electron chi connectivity index (χ2n) is 5.51. The Morgan fingerprint density at radius 3 is 2.67 bits per heavy atom. The van der Waals surface area contributed by atoms with E-state index in [1.54, 1.807) is 0 Å². The Morgan fingerprint density at radius 1 is 1.05 bits per heavy atom. The van der Waals surface area contributed by atoms with Gasteiger partial charge in [-0.15, -0.1) is 0 Å². The van der Waals surface area contributed by atoms with E-state index in [0.717, 1.165) is 25.4 Å². The van der Waals surface area contributed by atoms with Crippen molar-refractivity contribution in [3.05, 3.63) is 47.5 Å². The summed E-state index contributed by atoms with van der Waals surface area (Å²) in [6.07, 6.45) is 6.98. The minimum absolute atomic E-state index is 0.734. The highest BCUT2D eigenvalue weighted by atomic mass is 14.8. The number of hydrogen-bond acceptors (Lipinski definition) is 2. The molecule has 0 bridgehead atoms. The maximum atomic E-state index is 5.23. The molecule has 0 radical (unpaired) electrons. The zero-order chi connectivity index (χ0) is 14.5. The normalized spacial score (nSPS) is 15.4. The van der Waals surface area contributed by atoms with E-state index in [9.17, 15) is 0 Å². The highest BCUT2D eigenvalue weighted by molar-refractivity contribution is 6.01. The third-order valence-corrected chi connectivity index (χ3v) is 3.92. The van der Waals surface area contributed by atoms with E-state index in [2.05, 4.69) is 52.6 Å². The van der Waals surface area contributed by atoms with Gasteiger partial charge in [-0.1, -0.05) is 36.4 Å². The Kier molecular flexibility index (Phi) is 4.29. The van der Waals surface area contributed by atoms with Crippen molar-refractivity contribution in [1.29, 1.82) is 0 Å². The summed E-state index contributed by atoms with van der Waals surface area (Å²) in [5, 5.41) is 2.60. The van der Waals surface area contributed by atoms with Gasteiger partial charge in [-0.25, -0.2) is 0 Å². The first-order valence-electron chi connectivity index (χ1n) is 7.61. The summed E-state index contributed by atoms with van der Waals surface area (Å²) in [5.74, 6) is 0.734. The molecule has 1 aliphatic carbocycles. The molecule has 0 aromatic heterocycles. The number of hydrogen-bond donors (Lipinski definition) is 1. The maximum Gasteiger partial charge on any atom is 0.0797 e. The molecule has 0 aliphatic heterocycles. The van der Waals surface area contributed by atoms with E-state index in [0.29, 0.717) is 0 Å². The maximum absolute atomic E-state index is 5.23. The standard InChI is InChI=1S/C18H21N3/c19-13-21-11-3-10-20-12-18-16-5-2-1-4-14(16)8-9-17(18)15-6-7-15/h1-2,4-5,8-9,12-13,15H,3,6-7,10-11H2,(H2,19,21). The average Bonchev–Trinajstić information content (AvgIpc) is 3.35. The third kappa shape index (κ3) is 3.30. The van der Waals surface area contributed by atoms with Crippen molar-refractivity contribution in [2.45, 2.75) is 25.2 Å². The van der Waals surface area contributed by atoms with Crippen LogP contribution in [0.3, 0.4) is 0 Å². The first-order valence-corrected chi connectivity index (χ1v) is 7.61. The van der Waals surface area contributed by atoms with E-state index in [1.165, 1.54) is 41.1 Å². The molecule has 3 nitrogen and oxygen atoms in total. The van der Waals surface area contributed by atoms with Gasteiger partial charge in [0.2, 0.25) is 0 Å². The molecule has 1 saturated carbocycles. The third-order valence-electron chi connectivity index (χ3n) is 3.92. The first-order chi connectivity index (χ1) is 10.4. The van der Waals surface area contributed by atoms with Gasteiger partial charge in [0.05, 0.1) is 6.34 Å². The molecule has 1 aliphatic rings. The monoisotopic (exact) mass is 279 g/mol. The lowest BCUT2D eigenvalue weighted by atomic mass is 9.97.